The van der Waals surface area contributed by atoms with E-state index in [4.69, 9.17) is 0 Å². The van der Waals surface area contributed by atoms with Gasteiger partial charge in [-0.15, -0.1) is 0 Å². The van der Waals surface area contributed by atoms with Crippen LogP contribution in [0.4, 0.5) is 0 Å². The number of H-pyrrole nitrogens is 1. The molecule has 0 bridgehead atoms. The maximum atomic E-state index is 10.8. The molecule has 0 radical (unpaired) electrons. The van der Waals surface area contributed by atoms with Gasteiger partial charge in [0.25, 0.3) is 0 Å². The van der Waals surface area contributed by atoms with Gasteiger partial charge in [-0.1, -0.05) is 0 Å². The number of aromatic nitrogens is 2. The van der Waals surface area contributed by atoms with Crippen LogP contribution in [0.15, 0.2) is 18.3 Å². The summed E-state index contributed by atoms with van der Waals surface area (Å²) < 4.78 is 0. The van der Waals surface area contributed by atoms with Crippen LogP contribution in [0.3, 0.4) is 0 Å². The molecule has 0 fully saturated rings. The lowest BCUT2D eigenvalue weighted by Gasteiger charge is -2.06. The molecule has 4 nitrogen and oxygen atoms in total. The fourth-order valence-corrected chi connectivity index (χ4v) is 1.56. The number of carbonyl (C=O) groups is 1. The Hall–Kier alpha value is -1.84. The minimum absolute atomic E-state index is 0.0123. The zero-order chi connectivity index (χ0) is 10.8. The summed E-state index contributed by atoms with van der Waals surface area (Å²) in [6, 6.07) is 4.09. The van der Waals surface area contributed by atoms with E-state index in [0.717, 1.165) is 22.0 Å². The molecule has 78 valence electrons. The van der Waals surface area contributed by atoms with Crippen LogP contribution < -0.4 is 5.32 Å². The van der Waals surface area contributed by atoms with Crippen molar-refractivity contribution in [3.63, 3.8) is 0 Å². The minimum Gasteiger partial charge on any atom is -0.352 e. The molecule has 0 atom stereocenters. The quantitative estimate of drug-likeness (QED) is 0.777. The maximum absolute atomic E-state index is 10.8. The van der Waals surface area contributed by atoms with Gasteiger partial charge in [-0.3, -0.25) is 9.89 Å². The normalized spacial score (nSPS) is 10.5. The van der Waals surface area contributed by atoms with E-state index >= 15 is 0 Å². The first-order chi connectivity index (χ1) is 7.16. The predicted molar refractivity (Wildman–Crippen MR) is 58.4 cm³/mol. The number of nitrogens with zero attached hydrogens (tertiary/aromatic N) is 1. The monoisotopic (exact) mass is 203 g/mol. The number of amides is 1. The van der Waals surface area contributed by atoms with Crippen molar-refractivity contribution in [1.29, 1.82) is 0 Å². The third-order valence-electron chi connectivity index (χ3n) is 2.42. The molecule has 0 saturated heterocycles. The Bertz CT molecular complexity index is 502. The van der Waals surface area contributed by atoms with Gasteiger partial charge in [0.1, 0.15) is 0 Å². The summed E-state index contributed by atoms with van der Waals surface area (Å²) in [5, 5.41) is 10.7. The molecule has 1 heterocycles. The van der Waals surface area contributed by atoms with E-state index in [0.29, 0.717) is 6.54 Å². The number of aryl methyl sites for hydroxylation is 1. The van der Waals surface area contributed by atoms with Crippen molar-refractivity contribution in [2.24, 2.45) is 0 Å². The van der Waals surface area contributed by atoms with Gasteiger partial charge in [0.05, 0.1) is 11.7 Å². The first kappa shape index (κ1) is 9.71. The molecular formula is C11H13N3O. The molecule has 0 aliphatic heterocycles. The average Bonchev–Trinajstić information content (AvgIpc) is 2.60. The van der Waals surface area contributed by atoms with Gasteiger partial charge < -0.3 is 5.32 Å². The number of hydrogen-bond donors (Lipinski definition) is 2. The van der Waals surface area contributed by atoms with Crippen LogP contribution in [0.2, 0.25) is 0 Å². The van der Waals surface area contributed by atoms with E-state index < -0.39 is 0 Å². The van der Waals surface area contributed by atoms with Crippen molar-refractivity contribution in [2.75, 3.05) is 0 Å². The van der Waals surface area contributed by atoms with E-state index in [-0.39, 0.29) is 5.91 Å². The number of fused-ring (bicyclic) bond motifs is 1. The fraction of sp³-hybridized carbons (Fsp3) is 0.273. The van der Waals surface area contributed by atoms with Crippen LogP contribution in [0.25, 0.3) is 10.9 Å². The van der Waals surface area contributed by atoms with Crippen LogP contribution >= 0.6 is 0 Å². The summed E-state index contributed by atoms with van der Waals surface area (Å²) >= 11 is 0. The van der Waals surface area contributed by atoms with Crippen molar-refractivity contribution in [3.05, 3.63) is 29.5 Å². The van der Waals surface area contributed by atoms with Gasteiger partial charge in [0.2, 0.25) is 5.91 Å². The Kier molecular flexibility index (Phi) is 2.41. The molecule has 0 saturated carbocycles. The Morgan fingerprint density at radius 3 is 3.07 bits per heavy atom. The number of nitrogens with one attached hydrogen (secondary N) is 2. The van der Waals surface area contributed by atoms with Crippen LogP contribution in [0.1, 0.15) is 18.1 Å². The second-order valence-corrected chi connectivity index (χ2v) is 3.65. The Labute approximate surface area is 87.7 Å². The lowest BCUT2D eigenvalue weighted by atomic mass is 10.1. The van der Waals surface area contributed by atoms with E-state index in [1.165, 1.54) is 6.92 Å². The number of benzene rings is 1. The summed E-state index contributed by atoms with van der Waals surface area (Å²) in [5.41, 5.74) is 3.30. The molecule has 15 heavy (non-hydrogen) atoms. The van der Waals surface area contributed by atoms with Crippen molar-refractivity contribution in [2.45, 2.75) is 20.4 Å². The van der Waals surface area contributed by atoms with Gasteiger partial charge in [-0.25, -0.2) is 0 Å². The number of aromatic amines is 1. The molecule has 0 aliphatic carbocycles. The van der Waals surface area contributed by atoms with E-state index in [2.05, 4.69) is 15.5 Å². The minimum atomic E-state index is -0.0123. The van der Waals surface area contributed by atoms with Crippen molar-refractivity contribution < 1.29 is 4.79 Å². The van der Waals surface area contributed by atoms with Gasteiger partial charge in [0, 0.05) is 18.9 Å². The number of hydrogen-bond acceptors (Lipinski definition) is 2. The van der Waals surface area contributed by atoms with Gasteiger partial charge in [-0.05, 0) is 30.2 Å². The molecule has 0 aliphatic rings. The highest BCUT2D eigenvalue weighted by Crippen LogP contribution is 2.17. The van der Waals surface area contributed by atoms with Crippen molar-refractivity contribution in [1.82, 2.24) is 15.5 Å². The molecule has 0 spiro atoms. The SMILES string of the molecule is CC(=O)NCc1cc2cn[nH]c2cc1C. The molecule has 2 N–H and O–H groups in total. The smallest absolute Gasteiger partial charge is 0.217 e. The summed E-state index contributed by atoms with van der Waals surface area (Å²) in [5.74, 6) is -0.0123. The highest BCUT2D eigenvalue weighted by atomic mass is 16.1. The lowest BCUT2D eigenvalue weighted by molar-refractivity contribution is -0.119. The first-order valence-corrected chi connectivity index (χ1v) is 4.84. The molecule has 2 rings (SSSR count). The van der Waals surface area contributed by atoms with Gasteiger partial charge in [-0.2, -0.15) is 5.10 Å². The zero-order valence-corrected chi connectivity index (χ0v) is 8.79. The highest BCUT2D eigenvalue weighted by molar-refractivity contribution is 5.80. The standard InChI is InChI=1S/C11H13N3O/c1-7-3-11-10(6-13-14-11)4-9(7)5-12-8(2)15/h3-4,6H,5H2,1-2H3,(H,12,15)(H,13,14). The fourth-order valence-electron chi connectivity index (χ4n) is 1.56. The second kappa shape index (κ2) is 3.73. The van der Waals surface area contributed by atoms with Crippen LogP contribution in [-0.2, 0) is 11.3 Å². The number of rotatable bonds is 2. The second-order valence-electron chi connectivity index (χ2n) is 3.65. The summed E-state index contributed by atoms with van der Waals surface area (Å²) in [6.07, 6.45) is 1.78. The largest absolute Gasteiger partial charge is 0.352 e. The van der Waals surface area contributed by atoms with E-state index in [9.17, 15) is 4.79 Å². The highest BCUT2D eigenvalue weighted by Gasteiger charge is 2.03. The van der Waals surface area contributed by atoms with Gasteiger partial charge >= 0.3 is 0 Å². The Morgan fingerprint density at radius 1 is 1.53 bits per heavy atom. The van der Waals surface area contributed by atoms with E-state index in [1.54, 1.807) is 6.20 Å². The molecule has 1 amide bonds. The summed E-state index contributed by atoms with van der Waals surface area (Å²) in [6.45, 7) is 4.12. The van der Waals surface area contributed by atoms with E-state index in [1.807, 2.05) is 19.1 Å². The summed E-state index contributed by atoms with van der Waals surface area (Å²) in [4.78, 5) is 10.8. The van der Waals surface area contributed by atoms with Crippen LogP contribution in [0, 0.1) is 6.92 Å². The topological polar surface area (TPSA) is 57.8 Å². The molecule has 0 unspecified atom stereocenters. The Balaban J connectivity index is 2.33. The zero-order valence-electron chi connectivity index (χ0n) is 8.79. The molecule has 2 aromatic rings. The van der Waals surface area contributed by atoms with Crippen molar-refractivity contribution in [3.8, 4) is 0 Å². The van der Waals surface area contributed by atoms with Crippen LogP contribution in [0.5, 0.6) is 0 Å². The van der Waals surface area contributed by atoms with Crippen molar-refractivity contribution >= 4 is 16.8 Å². The Morgan fingerprint density at radius 2 is 2.33 bits per heavy atom. The molecule has 1 aromatic carbocycles. The number of carbonyl (C=O) groups excluding carboxylic acids is 1. The van der Waals surface area contributed by atoms with Crippen LogP contribution in [-0.4, -0.2) is 16.1 Å². The third kappa shape index (κ3) is 1.98. The molecule has 4 heteroatoms. The van der Waals surface area contributed by atoms with Gasteiger partial charge in [0.15, 0.2) is 0 Å². The summed E-state index contributed by atoms with van der Waals surface area (Å²) in [7, 11) is 0. The third-order valence-corrected chi connectivity index (χ3v) is 2.42. The molecular weight excluding hydrogens is 190 g/mol. The lowest BCUT2D eigenvalue weighted by Crippen LogP contribution is -2.19. The first-order valence-electron chi connectivity index (χ1n) is 4.84. The predicted octanol–water partition coefficient (Wildman–Crippen LogP) is 1.51. The average molecular weight is 203 g/mol. The maximum Gasteiger partial charge on any atom is 0.217 e. The molecule has 1 aromatic heterocycles.